The number of nitrogens with one attached hydrogen (secondary N) is 2. The molecule has 1 aliphatic rings. The summed E-state index contributed by atoms with van der Waals surface area (Å²) in [5, 5.41) is 27.2. The van der Waals surface area contributed by atoms with E-state index >= 15 is 0 Å². The minimum absolute atomic E-state index is 0.0760. The van der Waals surface area contributed by atoms with Gasteiger partial charge in [0.15, 0.2) is 23.2 Å². The van der Waals surface area contributed by atoms with E-state index in [2.05, 4.69) is 25.6 Å². The molecule has 0 saturated carbocycles. The van der Waals surface area contributed by atoms with Crippen LogP contribution in [0.3, 0.4) is 0 Å². The zero-order chi connectivity index (χ0) is 25.9. The molecule has 2 amide bonds. The van der Waals surface area contributed by atoms with Gasteiger partial charge in [-0.25, -0.2) is 15.0 Å². The van der Waals surface area contributed by atoms with Crippen LogP contribution in [0.15, 0.2) is 67.3 Å². The third-order valence-corrected chi connectivity index (χ3v) is 6.17. The Morgan fingerprint density at radius 3 is 2.46 bits per heavy atom. The zero-order valence-corrected chi connectivity index (χ0v) is 19.6. The first-order valence-electron chi connectivity index (χ1n) is 11.6. The largest absolute Gasteiger partial charge is 0.387 e. The number of amides is 2. The maximum absolute atomic E-state index is 12.6. The van der Waals surface area contributed by atoms with Crippen molar-refractivity contribution in [1.82, 2.24) is 24.8 Å². The summed E-state index contributed by atoms with van der Waals surface area (Å²) in [4.78, 5) is 37.2. The first kappa shape index (κ1) is 24.3. The Kier molecular flexibility index (Phi) is 6.77. The van der Waals surface area contributed by atoms with Crippen molar-refractivity contribution in [3.63, 3.8) is 0 Å². The quantitative estimate of drug-likeness (QED) is 0.230. The van der Waals surface area contributed by atoms with Crippen molar-refractivity contribution in [2.75, 3.05) is 11.9 Å². The maximum atomic E-state index is 12.6. The second-order valence-electron chi connectivity index (χ2n) is 8.55. The molecule has 2 aromatic carbocycles. The van der Waals surface area contributed by atoms with Crippen LogP contribution in [0.25, 0.3) is 11.2 Å². The normalized spacial score (nSPS) is 21.1. The molecule has 6 N–H and O–H groups in total. The van der Waals surface area contributed by atoms with Crippen molar-refractivity contribution in [2.24, 2.45) is 5.73 Å². The average molecular weight is 504 g/mol. The molecule has 1 unspecified atom stereocenters. The van der Waals surface area contributed by atoms with Crippen LogP contribution in [-0.2, 0) is 11.3 Å². The molecule has 3 heterocycles. The number of aliphatic hydroxyl groups excluding tert-OH is 2. The van der Waals surface area contributed by atoms with E-state index in [0.29, 0.717) is 23.5 Å². The number of nitrogens with zero attached hydrogens (tertiary/aromatic N) is 4. The third-order valence-electron chi connectivity index (χ3n) is 6.17. The monoisotopic (exact) mass is 503 g/mol. The highest BCUT2D eigenvalue weighted by Gasteiger charge is 2.44. The number of ether oxygens (including phenoxy) is 1. The Morgan fingerprint density at radius 1 is 0.973 bits per heavy atom. The molecule has 0 bridgehead atoms. The van der Waals surface area contributed by atoms with Gasteiger partial charge < -0.3 is 31.3 Å². The first-order valence-corrected chi connectivity index (χ1v) is 11.6. The van der Waals surface area contributed by atoms with Gasteiger partial charge in [0, 0.05) is 13.1 Å². The van der Waals surface area contributed by atoms with Crippen molar-refractivity contribution >= 4 is 28.8 Å². The Bertz CT molecular complexity index is 1430. The predicted octanol–water partition coefficient (Wildman–Crippen LogP) is 0.586. The Morgan fingerprint density at radius 2 is 1.70 bits per heavy atom. The van der Waals surface area contributed by atoms with Gasteiger partial charge in [-0.2, -0.15) is 0 Å². The van der Waals surface area contributed by atoms with Crippen LogP contribution in [-0.4, -0.2) is 66.4 Å². The summed E-state index contributed by atoms with van der Waals surface area (Å²) in [6, 6.07) is 15.9. The molecule has 1 fully saturated rings. The number of rotatable bonds is 8. The number of hydrogen-bond acceptors (Lipinski definition) is 9. The van der Waals surface area contributed by atoms with Crippen LogP contribution in [0.5, 0.6) is 0 Å². The number of fused-ring (bicyclic) bond motifs is 1. The first-order chi connectivity index (χ1) is 17.9. The number of anilines is 1. The molecule has 37 heavy (non-hydrogen) atoms. The van der Waals surface area contributed by atoms with Gasteiger partial charge in [0.05, 0.1) is 17.5 Å². The maximum Gasteiger partial charge on any atom is 0.252 e. The van der Waals surface area contributed by atoms with Crippen molar-refractivity contribution in [1.29, 1.82) is 0 Å². The standard InChI is InChI=1S/C25H25N7O5/c26-21(35)15-8-4-5-9-16(15)24(36)28-11-17-19(33)20(34)25(37-17)32-13-31-18-22(29-12-30-23(18)32)27-10-14-6-2-1-3-7-14/h1-9,12-13,17,19-20,25,33-34H,10-11H2,(H2,26,35)(H,28,36)(H,27,29,30)/t17-,19-,20-,25?/m1/s1. The number of imidazole rings is 1. The number of aromatic nitrogens is 4. The molecule has 12 nitrogen and oxygen atoms in total. The van der Waals surface area contributed by atoms with E-state index in [1.54, 1.807) is 12.1 Å². The fourth-order valence-electron chi connectivity index (χ4n) is 4.26. The summed E-state index contributed by atoms with van der Waals surface area (Å²) in [6.45, 7) is 0.411. The minimum Gasteiger partial charge on any atom is -0.387 e. The number of nitrogens with two attached hydrogens (primary N) is 1. The lowest BCUT2D eigenvalue weighted by Gasteiger charge is -2.17. The SMILES string of the molecule is NC(=O)c1ccccc1C(=O)NC[C@H]1OC(n2cnc3c(NCc4ccccc4)ncnc32)[C@H](O)[C@@H]1O. The molecule has 190 valence electrons. The van der Waals surface area contributed by atoms with Gasteiger partial charge in [-0.15, -0.1) is 0 Å². The van der Waals surface area contributed by atoms with E-state index in [1.807, 2.05) is 30.3 Å². The molecule has 4 atom stereocenters. The lowest BCUT2D eigenvalue weighted by Crippen LogP contribution is -2.40. The van der Waals surface area contributed by atoms with Crippen LogP contribution < -0.4 is 16.4 Å². The Hall–Kier alpha value is -4.39. The average Bonchev–Trinajstić information content (AvgIpc) is 3.47. The van der Waals surface area contributed by atoms with Crippen LogP contribution in [0.2, 0.25) is 0 Å². The van der Waals surface area contributed by atoms with Gasteiger partial charge in [0.1, 0.15) is 24.6 Å². The summed E-state index contributed by atoms with van der Waals surface area (Å²) in [6.07, 6.45) is -1.71. The lowest BCUT2D eigenvalue weighted by molar-refractivity contribution is -0.0337. The summed E-state index contributed by atoms with van der Waals surface area (Å²) < 4.78 is 7.42. The fourth-order valence-corrected chi connectivity index (χ4v) is 4.26. The van der Waals surface area contributed by atoms with Crippen LogP contribution >= 0.6 is 0 Å². The summed E-state index contributed by atoms with van der Waals surface area (Å²) in [5.41, 5.74) is 7.47. The summed E-state index contributed by atoms with van der Waals surface area (Å²) >= 11 is 0. The van der Waals surface area contributed by atoms with Gasteiger partial charge >= 0.3 is 0 Å². The van der Waals surface area contributed by atoms with Gasteiger partial charge in [0.2, 0.25) is 5.91 Å². The topological polar surface area (TPSA) is 178 Å². The fraction of sp³-hybridized carbons (Fsp3) is 0.240. The zero-order valence-electron chi connectivity index (χ0n) is 19.6. The molecule has 5 rings (SSSR count). The van der Waals surface area contributed by atoms with Crippen molar-refractivity contribution in [3.05, 3.63) is 83.9 Å². The molecular formula is C25H25N7O5. The third kappa shape index (κ3) is 4.85. The van der Waals surface area contributed by atoms with Gasteiger partial charge in [-0.1, -0.05) is 42.5 Å². The molecule has 1 aliphatic heterocycles. The Labute approximate surface area is 211 Å². The number of hydrogen-bond donors (Lipinski definition) is 5. The van der Waals surface area contributed by atoms with Crippen LogP contribution in [0.1, 0.15) is 32.5 Å². The van der Waals surface area contributed by atoms with E-state index in [1.165, 1.54) is 29.4 Å². The summed E-state index contributed by atoms with van der Waals surface area (Å²) in [7, 11) is 0. The van der Waals surface area contributed by atoms with E-state index in [-0.39, 0.29) is 17.7 Å². The van der Waals surface area contributed by atoms with E-state index in [0.717, 1.165) is 5.56 Å². The van der Waals surface area contributed by atoms with E-state index in [9.17, 15) is 19.8 Å². The molecule has 2 aromatic heterocycles. The van der Waals surface area contributed by atoms with E-state index in [4.69, 9.17) is 10.5 Å². The van der Waals surface area contributed by atoms with Crippen LogP contribution in [0, 0.1) is 0 Å². The molecule has 0 radical (unpaired) electrons. The predicted molar refractivity (Wildman–Crippen MR) is 132 cm³/mol. The van der Waals surface area contributed by atoms with Crippen molar-refractivity contribution in [3.8, 4) is 0 Å². The van der Waals surface area contributed by atoms with Crippen molar-refractivity contribution < 1.29 is 24.5 Å². The molecule has 4 aromatic rings. The highest BCUT2D eigenvalue weighted by molar-refractivity contribution is 6.06. The minimum atomic E-state index is -1.31. The second kappa shape index (κ2) is 10.3. The molecule has 1 saturated heterocycles. The number of carbonyl (C=O) groups is 2. The molecule has 12 heteroatoms. The number of aliphatic hydroxyl groups is 2. The van der Waals surface area contributed by atoms with Gasteiger partial charge in [0.25, 0.3) is 5.91 Å². The number of primary amides is 1. The molecular weight excluding hydrogens is 478 g/mol. The molecule has 0 spiro atoms. The Balaban J connectivity index is 1.29. The van der Waals surface area contributed by atoms with Gasteiger partial charge in [-0.3, -0.25) is 14.2 Å². The highest BCUT2D eigenvalue weighted by atomic mass is 16.6. The lowest BCUT2D eigenvalue weighted by atomic mass is 10.1. The van der Waals surface area contributed by atoms with E-state index < -0.39 is 36.4 Å². The highest BCUT2D eigenvalue weighted by Crippen LogP contribution is 2.32. The second-order valence-corrected chi connectivity index (χ2v) is 8.55. The summed E-state index contributed by atoms with van der Waals surface area (Å²) in [5.74, 6) is -0.777. The number of carbonyl (C=O) groups excluding carboxylic acids is 2. The smallest absolute Gasteiger partial charge is 0.252 e. The molecule has 0 aliphatic carbocycles. The van der Waals surface area contributed by atoms with Crippen molar-refractivity contribution in [2.45, 2.75) is 31.1 Å². The van der Waals surface area contributed by atoms with Crippen LogP contribution in [0.4, 0.5) is 5.82 Å². The number of benzene rings is 2. The van der Waals surface area contributed by atoms with Gasteiger partial charge in [-0.05, 0) is 17.7 Å².